The van der Waals surface area contributed by atoms with E-state index in [9.17, 15) is 14.4 Å². The number of carbonyl (C=O) groups excluding carboxylic acids is 3. The Morgan fingerprint density at radius 1 is 0.426 bits per heavy atom. The summed E-state index contributed by atoms with van der Waals surface area (Å²) in [6.45, 7) is 10.2. The molecule has 0 atom stereocenters. The third-order valence-corrected chi connectivity index (χ3v) is 8.21. The SMILES string of the molecule is CCc1ccc(C(=O)Nc2ccc(C)cc2)cc1.COc1ccc(C(=O)Nc2ccc(C)cc2)cc1.Cc1ccc(NC(=O)Nc2ccc(C)cc2)cc1. The highest BCUT2D eigenvalue weighted by atomic mass is 16.5. The topological polar surface area (TPSA) is 109 Å². The number of amides is 4. The van der Waals surface area contributed by atoms with Gasteiger partial charge in [0.2, 0.25) is 0 Å². The van der Waals surface area contributed by atoms with Crippen molar-refractivity contribution in [2.75, 3.05) is 28.4 Å². The first kappa shape index (κ1) is 40.1. The van der Waals surface area contributed by atoms with Crippen LogP contribution in [0, 0.1) is 27.7 Å². The molecule has 0 bridgehead atoms. The average Bonchev–Trinajstić information content (AvgIpc) is 3.19. The van der Waals surface area contributed by atoms with Gasteiger partial charge in [-0.15, -0.1) is 0 Å². The number of benzene rings is 6. The van der Waals surface area contributed by atoms with E-state index < -0.39 is 0 Å². The smallest absolute Gasteiger partial charge is 0.323 e. The van der Waals surface area contributed by atoms with Gasteiger partial charge in [0, 0.05) is 33.9 Å². The van der Waals surface area contributed by atoms with Crippen LogP contribution in [0.25, 0.3) is 0 Å². The van der Waals surface area contributed by atoms with Crippen molar-refractivity contribution in [3.63, 3.8) is 0 Å². The van der Waals surface area contributed by atoms with Crippen LogP contribution in [0.15, 0.2) is 146 Å². The van der Waals surface area contributed by atoms with Crippen LogP contribution in [-0.4, -0.2) is 25.0 Å². The van der Waals surface area contributed by atoms with E-state index in [1.807, 2.05) is 149 Å². The van der Waals surface area contributed by atoms with Crippen molar-refractivity contribution in [2.24, 2.45) is 0 Å². The largest absolute Gasteiger partial charge is 0.497 e. The first-order valence-electron chi connectivity index (χ1n) is 17.7. The summed E-state index contributed by atoms with van der Waals surface area (Å²) >= 11 is 0. The van der Waals surface area contributed by atoms with Crippen LogP contribution in [0.1, 0.15) is 55.5 Å². The molecule has 0 saturated heterocycles. The summed E-state index contributed by atoms with van der Waals surface area (Å²) in [6, 6.07) is 45.3. The highest BCUT2D eigenvalue weighted by Crippen LogP contribution is 2.16. The minimum absolute atomic E-state index is 0.0680. The molecule has 276 valence electrons. The summed E-state index contributed by atoms with van der Waals surface area (Å²) in [7, 11) is 1.60. The van der Waals surface area contributed by atoms with Crippen molar-refractivity contribution >= 4 is 40.6 Å². The van der Waals surface area contributed by atoms with Gasteiger partial charge in [0.25, 0.3) is 11.8 Å². The fourth-order valence-electron chi connectivity index (χ4n) is 4.88. The first-order valence-corrected chi connectivity index (χ1v) is 17.7. The van der Waals surface area contributed by atoms with Gasteiger partial charge in [0.15, 0.2) is 0 Å². The fourth-order valence-corrected chi connectivity index (χ4v) is 4.88. The van der Waals surface area contributed by atoms with Crippen LogP contribution < -0.4 is 26.0 Å². The summed E-state index contributed by atoms with van der Waals surface area (Å²) in [4.78, 5) is 35.7. The number of nitrogens with one attached hydrogen (secondary N) is 4. The van der Waals surface area contributed by atoms with Gasteiger partial charge in [-0.2, -0.15) is 0 Å². The molecule has 6 rings (SSSR count). The Kier molecular flexibility index (Phi) is 15.1. The molecule has 0 aromatic heterocycles. The van der Waals surface area contributed by atoms with E-state index in [0.717, 1.165) is 40.5 Å². The quantitative estimate of drug-likeness (QED) is 0.125. The molecule has 4 amide bonds. The lowest BCUT2D eigenvalue weighted by Crippen LogP contribution is -2.19. The summed E-state index contributed by atoms with van der Waals surface area (Å²) < 4.78 is 5.05. The van der Waals surface area contributed by atoms with Gasteiger partial charge >= 0.3 is 6.03 Å². The highest BCUT2D eigenvalue weighted by Gasteiger charge is 2.07. The molecule has 54 heavy (non-hydrogen) atoms. The molecule has 0 radical (unpaired) electrons. The standard InChI is InChI=1S/C16H17NO.C15H16N2O.C15H15NO2/c1-3-13-6-8-14(9-7-13)16(18)17-15-10-4-12(2)5-11-15;1-11-3-7-13(8-4-11)16-15(18)17-14-9-5-12(2)6-10-14;1-11-3-7-13(8-4-11)16-15(17)12-5-9-14(18-2)10-6-12/h4-11H,3H2,1-2H3,(H,17,18);3-10H,1-2H3,(H2,16,17,18);3-10H,1-2H3,(H,16,17). The summed E-state index contributed by atoms with van der Waals surface area (Å²) in [5.74, 6) is 0.546. The number of anilines is 4. The van der Waals surface area contributed by atoms with Crippen LogP contribution >= 0.6 is 0 Å². The molecule has 8 nitrogen and oxygen atoms in total. The average molecular weight is 721 g/mol. The molecule has 0 unspecified atom stereocenters. The molecule has 0 saturated carbocycles. The van der Waals surface area contributed by atoms with Crippen molar-refractivity contribution in [1.29, 1.82) is 0 Å². The van der Waals surface area contributed by atoms with Gasteiger partial charge in [0.05, 0.1) is 7.11 Å². The molecule has 4 N–H and O–H groups in total. The number of methoxy groups -OCH3 is 1. The number of ether oxygens (including phenoxy) is 1. The van der Waals surface area contributed by atoms with Gasteiger partial charge in [-0.05, 0) is 125 Å². The second kappa shape index (κ2) is 20.4. The van der Waals surface area contributed by atoms with Crippen LogP contribution in [0.3, 0.4) is 0 Å². The Bertz CT molecular complexity index is 1920. The number of urea groups is 1. The molecule has 0 aliphatic rings. The maximum atomic E-state index is 12.0. The summed E-state index contributed by atoms with van der Waals surface area (Å²) in [5.41, 5.74) is 10.4. The first-order chi connectivity index (χ1) is 26.0. The number of carbonyl (C=O) groups is 3. The zero-order valence-corrected chi connectivity index (χ0v) is 31.7. The Balaban J connectivity index is 0.000000180. The van der Waals surface area contributed by atoms with Crippen LogP contribution in [0.2, 0.25) is 0 Å². The van der Waals surface area contributed by atoms with Gasteiger partial charge in [0.1, 0.15) is 5.75 Å². The Morgan fingerprint density at radius 3 is 1.02 bits per heavy atom. The molecule has 6 aromatic rings. The Morgan fingerprint density at radius 2 is 0.722 bits per heavy atom. The minimum Gasteiger partial charge on any atom is -0.497 e. The van der Waals surface area contributed by atoms with Crippen molar-refractivity contribution in [3.05, 3.63) is 185 Å². The van der Waals surface area contributed by atoms with Gasteiger partial charge in [-0.1, -0.05) is 89.8 Å². The number of hydrogen-bond acceptors (Lipinski definition) is 4. The maximum absolute atomic E-state index is 12.0. The predicted molar refractivity (Wildman–Crippen MR) is 222 cm³/mol. The number of rotatable bonds is 8. The molecule has 0 aliphatic carbocycles. The second-order valence-electron chi connectivity index (χ2n) is 12.7. The van der Waals surface area contributed by atoms with Crippen molar-refractivity contribution in [3.8, 4) is 5.75 Å². The van der Waals surface area contributed by atoms with E-state index in [0.29, 0.717) is 11.1 Å². The second-order valence-corrected chi connectivity index (χ2v) is 12.7. The van der Waals surface area contributed by atoms with Crippen molar-refractivity contribution in [1.82, 2.24) is 0 Å². The van der Waals surface area contributed by atoms with E-state index in [4.69, 9.17) is 4.74 Å². The van der Waals surface area contributed by atoms with Crippen LogP contribution in [-0.2, 0) is 6.42 Å². The van der Waals surface area contributed by atoms with E-state index in [2.05, 4.69) is 28.2 Å². The lowest BCUT2D eigenvalue weighted by Gasteiger charge is -2.08. The van der Waals surface area contributed by atoms with E-state index in [1.54, 1.807) is 31.4 Å². The molecule has 0 heterocycles. The lowest BCUT2D eigenvalue weighted by molar-refractivity contribution is 0.101. The number of hydrogen-bond donors (Lipinski definition) is 4. The lowest BCUT2D eigenvalue weighted by atomic mass is 10.1. The van der Waals surface area contributed by atoms with E-state index >= 15 is 0 Å². The molecule has 0 spiro atoms. The molecule has 6 aromatic carbocycles. The maximum Gasteiger partial charge on any atom is 0.323 e. The zero-order valence-electron chi connectivity index (χ0n) is 31.7. The molecule has 8 heteroatoms. The predicted octanol–water partition coefficient (Wildman–Crippen LogP) is 11.0. The van der Waals surface area contributed by atoms with Crippen molar-refractivity contribution in [2.45, 2.75) is 41.0 Å². The fraction of sp³-hybridized carbons (Fsp3) is 0.152. The summed E-state index contributed by atoms with van der Waals surface area (Å²) in [6.07, 6.45) is 0.986. The molecular weight excluding hydrogens is 673 g/mol. The van der Waals surface area contributed by atoms with Crippen molar-refractivity contribution < 1.29 is 19.1 Å². The zero-order chi connectivity index (χ0) is 38.9. The van der Waals surface area contributed by atoms with Gasteiger partial charge in [-0.3, -0.25) is 9.59 Å². The van der Waals surface area contributed by atoms with E-state index in [1.165, 1.54) is 22.3 Å². The highest BCUT2D eigenvalue weighted by molar-refractivity contribution is 6.05. The van der Waals surface area contributed by atoms with Gasteiger partial charge in [-0.25, -0.2) is 4.79 Å². The third kappa shape index (κ3) is 13.5. The monoisotopic (exact) mass is 720 g/mol. The van der Waals surface area contributed by atoms with Crippen LogP contribution in [0.5, 0.6) is 5.75 Å². The molecule has 0 fully saturated rings. The van der Waals surface area contributed by atoms with E-state index in [-0.39, 0.29) is 17.8 Å². The summed E-state index contributed by atoms with van der Waals surface area (Å²) in [5, 5.41) is 11.3. The Hall–Kier alpha value is -6.67. The molecule has 0 aliphatic heterocycles. The third-order valence-electron chi connectivity index (χ3n) is 8.21. The minimum atomic E-state index is -0.234. The Labute approximate surface area is 318 Å². The molecular formula is C46H48N4O4. The normalized spacial score (nSPS) is 9.96. The van der Waals surface area contributed by atoms with Crippen LogP contribution in [0.4, 0.5) is 27.5 Å². The number of aryl methyl sites for hydroxylation is 5. The van der Waals surface area contributed by atoms with Gasteiger partial charge < -0.3 is 26.0 Å².